The van der Waals surface area contributed by atoms with Crippen LogP contribution in [0, 0.1) is 17.6 Å². The van der Waals surface area contributed by atoms with Gasteiger partial charge in [-0.2, -0.15) is 0 Å². The molecule has 0 spiro atoms. The SMILES string of the molecule is O=C(COc1ccccc1F)N[C@H]1CC2(NC(=O)COc3ccc(Cl)c(F)c3)CC1C2. The van der Waals surface area contributed by atoms with Gasteiger partial charge in [-0.25, -0.2) is 8.78 Å². The summed E-state index contributed by atoms with van der Waals surface area (Å²) in [6, 6.07) is 9.78. The van der Waals surface area contributed by atoms with Gasteiger partial charge in [0.05, 0.1) is 5.02 Å². The number of carbonyl (C=O) groups is 2. The Morgan fingerprint density at radius 1 is 1.00 bits per heavy atom. The topological polar surface area (TPSA) is 76.7 Å². The number of para-hydroxylation sites is 1. The van der Waals surface area contributed by atoms with E-state index in [4.69, 9.17) is 21.1 Å². The van der Waals surface area contributed by atoms with Crippen LogP contribution in [0.25, 0.3) is 0 Å². The number of nitrogens with one attached hydrogen (secondary N) is 2. The molecule has 2 amide bonds. The number of benzene rings is 2. The molecule has 31 heavy (non-hydrogen) atoms. The zero-order valence-electron chi connectivity index (χ0n) is 16.5. The number of rotatable bonds is 8. The second kappa shape index (κ2) is 8.70. The van der Waals surface area contributed by atoms with E-state index in [1.165, 1.54) is 24.3 Å². The fraction of sp³-hybridized carbons (Fsp3) is 0.364. The van der Waals surface area contributed by atoms with Crippen LogP contribution in [0.5, 0.6) is 11.5 Å². The standard InChI is InChI=1S/C22H21ClF2N2O4/c23-15-6-5-14(7-17(15)25)30-12-21(29)27-22-8-13(9-22)18(10-22)26-20(28)11-31-19-4-2-1-3-16(19)24/h1-7,13,18H,8-12H2,(H,26,28)(H,27,29)/t13?,18-,22?/m0/s1. The highest BCUT2D eigenvalue weighted by atomic mass is 35.5. The fourth-order valence-electron chi connectivity index (χ4n) is 4.31. The summed E-state index contributed by atoms with van der Waals surface area (Å²) < 4.78 is 37.6. The number of carbonyl (C=O) groups excluding carboxylic acids is 2. The molecule has 0 unspecified atom stereocenters. The molecular formula is C22H21ClF2N2O4. The first-order chi connectivity index (χ1) is 14.8. The summed E-state index contributed by atoms with van der Waals surface area (Å²) in [7, 11) is 0. The second-order valence-corrected chi connectivity index (χ2v) is 8.37. The molecule has 9 heteroatoms. The lowest BCUT2D eigenvalue weighted by atomic mass is 9.76. The molecule has 0 heterocycles. The minimum Gasteiger partial charge on any atom is -0.484 e. The summed E-state index contributed by atoms with van der Waals surface area (Å²) in [6.07, 6.45) is 2.12. The van der Waals surface area contributed by atoms with Gasteiger partial charge in [-0.05, 0) is 49.4 Å². The van der Waals surface area contributed by atoms with E-state index < -0.39 is 11.6 Å². The number of halogens is 3. The van der Waals surface area contributed by atoms with Crippen LogP contribution < -0.4 is 20.1 Å². The Morgan fingerprint density at radius 2 is 1.74 bits per heavy atom. The number of fused-ring (bicyclic) bond motifs is 1. The van der Waals surface area contributed by atoms with Crippen molar-refractivity contribution < 1.29 is 27.8 Å². The molecule has 2 N–H and O–H groups in total. The lowest BCUT2D eigenvalue weighted by Gasteiger charge is -2.39. The molecular weight excluding hydrogens is 430 g/mol. The summed E-state index contributed by atoms with van der Waals surface area (Å²) >= 11 is 5.62. The number of amides is 2. The van der Waals surface area contributed by atoms with Crippen molar-refractivity contribution in [3.8, 4) is 11.5 Å². The third-order valence-corrected chi connectivity index (χ3v) is 6.00. The minimum atomic E-state index is -0.617. The van der Waals surface area contributed by atoms with Gasteiger partial charge in [0.1, 0.15) is 11.6 Å². The van der Waals surface area contributed by atoms with Crippen LogP contribution in [-0.4, -0.2) is 36.6 Å². The maximum Gasteiger partial charge on any atom is 0.258 e. The molecule has 3 aliphatic carbocycles. The highest BCUT2D eigenvalue weighted by Gasteiger charge is 2.57. The summed E-state index contributed by atoms with van der Waals surface area (Å²) in [6.45, 7) is -0.532. The van der Waals surface area contributed by atoms with Gasteiger partial charge in [-0.1, -0.05) is 23.7 Å². The van der Waals surface area contributed by atoms with Crippen molar-refractivity contribution in [1.82, 2.24) is 10.6 Å². The highest BCUT2D eigenvalue weighted by Crippen LogP contribution is 2.52. The van der Waals surface area contributed by atoms with Gasteiger partial charge in [0, 0.05) is 17.6 Å². The predicted octanol–water partition coefficient (Wildman–Crippen LogP) is 3.23. The fourth-order valence-corrected chi connectivity index (χ4v) is 4.42. The van der Waals surface area contributed by atoms with Crippen molar-refractivity contribution in [3.63, 3.8) is 0 Å². The van der Waals surface area contributed by atoms with E-state index in [2.05, 4.69) is 10.6 Å². The molecule has 6 nitrogen and oxygen atoms in total. The molecule has 2 aromatic carbocycles. The molecule has 1 atom stereocenters. The molecule has 0 radical (unpaired) electrons. The molecule has 2 aromatic rings. The molecule has 3 aliphatic rings. The molecule has 3 fully saturated rings. The third-order valence-electron chi connectivity index (χ3n) is 5.69. The second-order valence-electron chi connectivity index (χ2n) is 7.96. The largest absolute Gasteiger partial charge is 0.484 e. The van der Waals surface area contributed by atoms with Crippen molar-refractivity contribution in [2.45, 2.75) is 30.8 Å². The minimum absolute atomic E-state index is 0.0189. The van der Waals surface area contributed by atoms with Crippen molar-refractivity contribution in [2.24, 2.45) is 5.92 Å². The van der Waals surface area contributed by atoms with Crippen LogP contribution in [0.3, 0.4) is 0 Å². The normalized spacial score (nSPS) is 23.6. The first kappa shape index (κ1) is 21.4. The maximum absolute atomic E-state index is 13.6. The van der Waals surface area contributed by atoms with Gasteiger partial charge in [0.2, 0.25) is 0 Å². The first-order valence-electron chi connectivity index (χ1n) is 9.89. The van der Waals surface area contributed by atoms with Gasteiger partial charge in [-0.15, -0.1) is 0 Å². The monoisotopic (exact) mass is 450 g/mol. The summed E-state index contributed by atoms with van der Waals surface area (Å²) in [5.41, 5.74) is -0.374. The van der Waals surface area contributed by atoms with Gasteiger partial charge < -0.3 is 20.1 Å². The molecule has 3 saturated carbocycles. The number of hydrogen-bond acceptors (Lipinski definition) is 4. The van der Waals surface area contributed by atoms with Gasteiger partial charge in [0.25, 0.3) is 11.8 Å². The Morgan fingerprint density at radius 3 is 2.48 bits per heavy atom. The van der Waals surface area contributed by atoms with Crippen LogP contribution in [-0.2, 0) is 9.59 Å². The quantitative estimate of drug-likeness (QED) is 0.647. The molecule has 164 valence electrons. The van der Waals surface area contributed by atoms with Crippen LogP contribution >= 0.6 is 11.6 Å². The van der Waals surface area contributed by atoms with Crippen molar-refractivity contribution in [1.29, 1.82) is 0 Å². The molecule has 0 saturated heterocycles. The predicted molar refractivity (Wildman–Crippen MR) is 109 cm³/mol. The maximum atomic E-state index is 13.6. The van der Waals surface area contributed by atoms with E-state index in [0.717, 1.165) is 18.9 Å². The van der Waals surface area contributed by atoms with Crippen LogP contribution in [0.4, 0.5) is 8.78 Å². The first-order valence-corrected chi connectivity index (χ1v) is 10.3. The van der Waals surface area contributed by atoms with E-state index in [1.54, 1.807) is 12.1 Å². The summed E-state index contributed by atoms with van der Waals surface area (Å²) in [4.78, 5) is 24.5. The third kappa shape index (κ3) is 4.90. The average molecular weight is 451 g/mol. The zero-order valence-corrected chi connectivity index (χ0v) is 17.3. The van der Waals surface area contributed by atoms with Crippen molar-refractivity contribution >= 4 is 23.4 Å². The summed E-state index contributed by atoms with van der Waals surface area (Å²) in [5.74, 6) is -1.29. The number of hydrogen-bond donors (Lipinski definition) is 2. The average Bonchev–Trinajstić information content (AvgIpc) is 3.21. The summed E-state index contributed by atoms with van der Waals surface area (Å²) in [5, 5.41) is 5.86. The van der Waals surface area contributed by atoms with E-state index in [1.807, 2.05) is 0 Å². The zero-order chi connectivity index (χ0) is 22.0. The van der Waals surface area contributed by atoms with Gasteiger partial charge in [-0.3, -0.25) is 9.59 Å². The van der Waals surface area contributed by atoms with Crippen molar-refractivity contribution in [2.75, 3.05) is 13.2 Å². The molecule has 0 aromatic heterocycles. The van der Waals surface area contributed by atoms with Crippen LogP contribution in [0.1, 0.15) is 19.3 Å². The van der Waals surface area contributed by atoms with Crippen molar-refractivity contribution in [3.05, 3.63) is 59.1 Å². The van der Waals surface area contributed by atoms with E-state index in [9.17, 15) is 18.4 Å². The molecule has 0 aliphatic heterocycles. The van der Waals surface area contributed by atoms with Gasteiger partial charge in [0.15, 0.2) is 24.8 Å². The van der Waals surface area contributed by atoms with Crippen LogP contribution in [0.15, 0.2) is 42.5 Å². The van der Waals surface area contributed by atoms with Gasteiger partial charge >= 0.3 is 0 Å². The molecule has 2 bridgehead atoms. The Hall–Kier alpha value is -2.87. The van der Waals surface area contributed by atoms with E-state index in [0.29, 0.717) is 6.42 Å². The molecule has 5 rings (SSSR count). The smallest absolute Gasteiger partial charge is 0.258 e. The lowest BCUT2D eigenvalue weighted by molar-refractivity contribution is -0.126. The Balaban J connectivity index is 1.21. The Kier molecular flexibility index (Phi) is 6.00. The Labute approximate surface area is 182 Å². The van der Waals surface area contributed by atoms with Crippen LogP contribution in [0.2, 0.25) is 5.02 Å². The highest BCUT2D eigenvalue weighted by molar-refractivity contribution is 6.30. The number of ether oxygens (including phenoxy) is 2. The Bertz CT molecular complexity index is 997. The lowest BCUT2D eigenvalue weighted by Crippen LogP contribution is -2.53. The van der Waals surface area contributed by atoms with E-state index in [-0.39, 0.29) is 59.0 Å². The van der Waals surface area contributed by atoms with E-state index >= 15 is 0 Å².